The normalized spacial score (nSPS) is 10.1. The average molecular weight is 889 g/mol. The van der Waals surface area contributed by atoms with Crippen molar-refractivity contribution in [2.24, 2.45) is 0 Å². The number of terminal acetylenes is 1. The minimum Gasteiger partial charge on any atom is -0.494 e. The third kappa shape index (κ3) is 12.9. The number of hydrogen-bond acceptors (Lipinski definition) is 2. The van der Waals surface area contributed by atoms with Crippen LogP contribution in [0.3, 0.4) is 0 Å². The molecular formula is C48H39F6IO2. The van der Waals surface area contributed by atoms with E-state index < -0.39 is 34.9 Å². The van der Waals surface area contributed by atoms with Crippen molar-refractivity contribution in [3.8, 4) is 57.9 Å². The van der Waals surface area contributed by atoms with Crippen molar-refractivity contribution in [1.29, 1.82) is 0 Å². The standard InChI is InChI=1S/C24H19F3O.C14H7F3.C10H13IO/c1-3-12-28-21-10-8-17(16(2)13-21)4-5-18-6-7-19(14-23(18)26)20-9-11-22(25)24(27)15-20;1-2-9-3-4-10(7-13(9)16)11-5-6-12(15)14(17)8-11;1-3-6-12-9-4-5-10(11)8(2)7-9/h6-11,13-15H,3,12H2,1-2H3;1,3-8H;4-5,7H,3,6H2,1-2H3. The highest BCUT2D eigenvalue weighted by molar-refractivity contribution is 14.1. The predicted octanol–water partition coefficient (Wildman–Crippen LogP) is 13.4. The minimum absolute atomic E-state index is 0.135. The second kappa shape index (κ2) is 21.6. The lowest BCUT2D eigenvalue weighted by Gasteiger charge is -2.06. The molecule has 0 N–H and O–H groups in total. The van der Waals surface area contributed by atoms with Gasteiger partial charge in [-0.25, -0.2) is 26.3 Å². The van der Waals surface area contributed by atoms with E-state index in [4.69, 9.17) is 15.9 Å². The molecule has 0 aliphatic carbocycles. The first-order valence-electron chi connectivity index (χ1n) is 17.9. The Kier molecular flexibility index (Phi) is 16.7. The zero-order valence-corrected chi connectivity index (χ0v) is 33.9. The Bertz CT molecular complexity index is 2430. The SMILES string of the molecule is C#Cc1ccc(-c2ccc(F)c(F)c2)cc1F.CCCOc1ccc(C#Cc2ccc(-c3ccc(F)c(F)c3)cc2F)c(C)c1.CCCOc1ccc(I)c(C)c1. The average Bonchev–Trinajstić information content (AvgIpc) is 3.20. The number of benzene rings is 6. The maximum atomic E-state index is 14.4. The van der Waals surface area contributed by atoms with E-state index >= 15 is 0 Å². The summed E-state index contributed by atoms with van der Waals surface area (Å²) in [6, 6.07) is 27.3. The molecule has 0 saturated carbocycles. The van der Waals surface area contributed by atoms with E-state index in [-0.39, 0.29) is 11.1 Å². The molecule has 57 heavy (non-hydrogen) atoms. The Morgan fingerprint density at radius 1 is 0.474 bits per heavy atom. The van der Waals surface area contributed by atoms with E-state index in [2.05, 4.69) is 66.3 Å². The monoisotopic (exact) mass is 888 g/mol. The Hall–Kier alpha value is -5.65. The largest absolute Gasteiger partial charge is 0.494 e. The molecule has 6 rings (SSSR count). The van der Waals surface area contributed by atoms with Gasteiger partial charge in [-0.15, -0.1) is 6.42 Å². The molecule has 0 aliphatic rings. The summed E-state index contributed by atoms with van der Waals surface area (Å²) in [4.78, 5) is 0. The van der Waals surface area contributed by atoms with Crippen LogP contribution >= 0.6 is 22.6 Å². The number of hydrogen-bond donors (Lipinski definition) is 0. The van der Waals surface area contributed by atoms with Gasteiger partial charge in [-0.2, -0.15) is 0 Å². The van der Waals surface area contributed by atoms with Gasteiger partial charge in [-0.3, -0.25) is 0 Å². The van der Waals surface area contributed by atoms with Gasteiger partial charge in [-0.1, -0.05) is 55.9 Å². The number of aryl methyl sites for hydroxylation is 2. The lowest BCUT2D eigenvalue weighted by atomic mass is 10.0. The molecule has 0 radical (unpaired) electrons. The third-order valence-electron chi connectivity index (χ3n) is 8.20. The molecule has 0 saturated heterocycles. The van der Waals surface area contributed by atoms with Crippen LogP contribution in [0.4, 0.5) is 26.3 Å². The topological polar surface area (TPSA) is 18.5 Å². The molecule has 0 spiro atoms. The number of rotatable bonds is 8. The van der Waals surface area contributed by atoms with Gasteiger partial charge in [0.1, 0.15) is 23.1 Å². The van der Waals surface area contributed by atoms with Crippen LogP contribution in [0.25, 0.3) is 22.3 Å². The van der Waals surface area contributed by atoms with Gasteiger partial charge >= 0.3 is 0 Å². The molecule has 6 aromatic carbocycles. The van der Waals surface area contributed by atoms with E-state index in [0.717, 1.165) is 66.3 Å². The van der Waals surface area contributed by atoms with Crippen molar-refractivity contribution in [2.45, 2.75) is 40.5 Å². The van der Waals surface area contributed by atoms with Gasteiger partial charge in [0.25, 0.3) is 0 Å². The summed E-state index contributed by atoms with van der Waals surface area (Å²) in [5, 5.41) is 0. The first-order chi connectivity index (χ1) is 27.3. The maximum Gasteiger partial charge on any atom is 0.159 e. The third-order valence-corrected chi connectivity index (χ3v) is 9.41. The smallest absolute Gasteiger partial charge is 0.159 e. The minimum atomic E-state index is -0.969. The van der Waals surface area contributed by atoms with Gasteiger partial charge in [0, 0.05) is 9.13 Å². The van der Waals surface area contributed by atoms with Gasteiger partial charge in [-0.05, 0) is 168 Å². The van der Waals surface area contributed by atoms with E-state index in [1.807, 2.05) is 38.1 Å². The Morgan fingerprint density at radius 2 is 0.877 bits per heavy atom. The summed E-state index contributed by atoms with van der Waals surface area (Å²) in [6.45, 7) is 9.63. The van der Waals surface area contributed by atoms with Gasteiger partial charge in [0.2, 0.25) is 0 Å². The molecule has 0 atom stereocenters. The zero-order valence-electron chi connectivity index (χ0n) is 31.8. The van der Waals surface area contributed by atoms with Crippen LogP contribution in [0.2, 0.25) is 0 Å². The first kappa shape index (κ1) is 44.1. The van der Waals surface area contributed by atoms with Crippen molar-refractivity contribution < 1.29 is 35.8 Å². The van der Waals surface area contributed by atoms with E-state index in [0.29, 0.717) is 28.9 Å². The van der Waals surface area contributed by atoms with E-state index in [1.165, 1.54) is 45.5 Å². The van der Waals surface area contributed by atoms with Crippen molar-refractivity contribution >= 4 is 22.6 Å². The summed E-state index contributed by atoms with van der Waals surface area (Å²) in [7, 11) is 0. The molecule has 0 heterocycles. The number of ether oxygens (including phenoxy) is 2. The van der Waals surface area contributed by atoms with Crippen LogP contribution in [0, 0.1) is 76.5 Å². The Balaban J connectivity index is 0.000000210. The van der Waals surface area contributed by atoms with Crippen molar-refractivity contribution in [2.75, 3.05) is 13.2 Å². The second-order valence-corrected chi connectivity index (χ2v) is 13.8. The van der Waals surface area contributed by atoms with E-state index in [9.17, 15) is 26.3 Å². The fourth-order valence-corrected chi connectivity index (χ4v) is 5.44. The van der Waals surface area contributed by atoms with Crippen LogP contribution in [-0.2, 0) is 0 Å². The first-order valence-corrected chi connectivity index (χ1v) is 19.0. The predicted molar refractivity (Wildman–Crippen MR) is 224 cm³/mol. The summed E-state index contributed by atoms with van der Waals surface area (Å²) < 4.78 is 92.4. The quantitative estimate of drug-likeness (QED) is 0.0861. The second-order valence-electron chi connectivity index (χ2n) is 12.6. The van der Waals surface area contributed by atoms with Gasteiger partial charge < -0.3 is 9.47 Å². The van der Waals surface area contributed by atoms with Gasteiger partial charge in [0.15, 0.2) is 23.3 Å². The Morgan fingerprint density at radius 3 is 1.30 bits per heavy atom. The molecule has 9 heteroatoms. The van der Waals surface area contributed by atoms with Crippen LogP contribution in [0.15, 0.2) is 109 Å². The molecule has 292 valence electrons. The zero-order chi connectivity index (χ0) is 41.5. The molecule has 0 aromatic heterocycles. The summed E-state index contributed by atoms with van der Waals surface area (Å²) >= 11 is 2.32. The van der Waals surface area contributed by atoms with Crippen LogP contribution in [0.5, 0.6) is 11.5 Å². The van der Waals surface area contributed by atoms with Gasteiger partial charge in [0.05, 0.1) is 24.3 Å². The lowest BCUT2D eigenvalue weighted by molar-refractivity contribution is 0.317. The number of halogens is 7. The highest BCUT2D eigenvalue weighted by atomic mass is 127. The van der Waals surface area contributed by atoms with Crippen LogP contribution in [0.1, 0.15) is 54.5 Å². The highest BCUT2D eigenvalue weighted by Gasteiger charge is 2.09. The molecule has 0 unspecified atom stereocenters. The molecule has 0 bridgehead atoms. The fourth-order valence-electron chi connectivity index (χ4n) is 5.11. The molecule has 0 fully saturated rings. The summed E-state index contributed by atoms with van der Waals surface area (Å²) in [5.41, 5.74) is 5.07. The van der Waals surface area contributed by atoms with Crippen molar-refractivity contribution in [3.63, 3.8) is 0 Å². The molecule has 0 amide bonds. The Labute approximate surface area is 344 Å². The lowest BCUT2D eigenvalue weighted by Crippen LogP contribution is -1.95. The van der Waals surface area contributed by atoms with Crippen molar-refractivity contribution in [1.82, 2.24) is 0 Å². The molecule has 6 aromatic rings. The van der Waals surface area contributed by atoms with Crippen LogP contribution < -0.4 is 9.47 Å². The van der Waals surface area contributed by atoms with E-state index in [1.54, 1.807) is 12.1 Å². The molecular weight excluding hydrogens is 849 g/mol. The van der Waals surface area contributed by atoms with Crippen molar-refractivity contribution in [3.05, 3.63) is 175 Å². The summed E-state index contributed by atoms with van der Waals surface area (Å²) in [6.07, 6.45) is 7.08. The highest BCUT2D eigenvalue weighted by Crippen LogP contribution is 2.25. The molecule has 2 nitrogen and oxygen atoms in total. The van der Waals surface area contributed by atoms with Crippen LogP contribution in [-0.4, -0.2) is 13.2 Å². The fraction of sp³-hybridized carbons (Fsp3) is 0.167. The molecule has 0 aliphatic heterocycles. The summed E-state index contributed by atoms with van der Waals surface area (Å²) in [5.74, 6) is 4.87. The maximum absolute atomic E-state index is 14.4.